The summed E-state index contributed by atoms with van der Waals surface area (Å²) in [5.41, 5.74) is -0.819. The largest absolute Gasteiger partial charge is 0.309 e. The van der Waals surface area contributed by atoms with Crippen LogP contribution in [0.2, 0.25) is 0 Å². The molecule has 0 radical (unpaired) electrons. The van der Waals surface area contributed by atoms with Crippen molar-refractivity contribution in [2.75, 3.05) is 0 Å². The second-order valence-electron chi connectivity index (χ2n) is 12.7. The number of rotatable bonds is 6. The van der Waals surface area contributed by atoms with Gasteiger partial charge in [-0.1, -0.05) is 145 Å². The summed E-state index contributed by atoms with van der Waals surface area (Å²) >= 11 is 1.61. The lowest BCUT2D eigenvalue weighted by molar-refractivity contribution is 1.08. The summed E-state index contributed by atoms with van der Waals surface area (Å²) in [6.45, 7) is 0. The molecule has 262 valence electrons. The Kier molecular flexibility index (Phi) is 4.60. The summed E-state index contributed by atoms with van der Waals surface area (Å²) < 4.78 is 155. The third kappa shape index (κ3) is 5.40. The molecule has 0 amide bonds. The minimum absolute atomic E-state index is 0.0935. The highest BCUT2D eigenvalue weighted by molar-refractivity contribution is 7.25. The van der Waals surface area contributed by atoms with E-state index in [0.717, 1.165) is 20.2 Å². The molecule has 0 N–H and O–H groups in total. The summed E-state index contributed by atoms with van der Waals surface area (Å²) in [6, 6.07) is 15.2. The number of thiophene rings is 1. The van der Waals surface area contributed by atoms with Crippen LogP contribution in [0, 0.1) is 0 Å². The van der Waals surface area contributed by atoms with E-state index in [0.29, 0.717) is 17.0 Å². The van der Waals surface area contributed by atoms with Crippen LogP contribution in [-0.2, 0) is 0 Å². The first-order valence-electron chi connectivity index (χ1n) is 25.9. The van der Waals surface area contributed by atoms with Gasteiger partial charge in [-0.3, -0.25) is 0 Å². The van der Waals surface area contributed by atoms with Gasteiger partial charge in [-0.2, -0.15) is 0 Å². The van der Waals surface area contributed by atoms with Crippen molar-refractivity contribution in [2.24, 2.45) is 0 Å². The molecular formula is C51H32N4S. The number of aromatic nitrogens is 4. The van der Waals surface area contributed by atoms with Crippen LogP contribution in [-0.4, -0.2) is 19.5 Å². The van der Waals surface area contributed by atoms with Crippen molar-refractivity contribution < 1.29 is 23.3 Å². The fourth-order valence-electron chi connectivity index (χ4n) is 7.01. The molecule has 8 aromatic carbocycles. The normalized spacial score (nSPS) is 15.8. The SMILES string of the molecule is [2H]c1c([2H])c([2H])c(-c2cc(-c3nc(-c4ccccc4)nc(-c4cccc5sc6ccccc6c45)n3)ccc2-n2c3c([2H])c([2H])c([2H])c([2H])c3c3c([2H])c(-c4c([2H])c([2H])c([2H])c([2H])c4[2H])c([2H])c([2H])c32)c([2H])c1[2H]. The van der Waals surface area contributed by atoms with Crippen LogP contribution in [0.5, 0.6) is 0 Å². The summed E-state index contributed by atoms with van der Waals surface area (Å²) in [4.78, 5) is 15.0. The van der Waals surface area contributed by atoms with Gasteiger partial charge >= 0.3 is 0 Å². The van der Waals surface area contributed by atoms with E-state index in [2.05, 4.69) is 0 Å². The van der Waals surface area contributed by atoms with E-state index < -0.39 is 114 Å². The molecular weight excluding hydrogens is 701 g/mol. The van der Waals surface area contributed by atoms with Crippen molar-refractivity contribution in [2.45, 2.75) is 0 Å². The highest BCUT2D eigenvalue weighted by Crippen LogP contribution is 2.42. The maximum absolute atomic E-state index is 9.67. The molecule has 0 saturated carbocycles. The first-order valence-corrected chi connectivity index (χ1v) is 18.2. The molecule has 0 unspecified atom stereocenters. The Hall–Kier alpha value is -7.21. The first-order chi connectivity index (χ1) is 34.8. The lowest BCUT2D eigenvalue weighted by atomic mass is 9.99. The van der Waals surface area contributed by atoms with Crippen molar-refractivity contribution in [1.82, 2.24) is 19.5 Å². The Morgan fingerprint density at radius 1 is 0.429 bits per heavy atom. The molecule has 0 atom stereocenters. The van der Waals surface area contributed by atoms with Gasteiger partial charge in [0.1, 0.15) is 0 Å². The van der Waals surface area contributed by atoms with Crippen molar-refractivity contribution in [3.05, 3.63) is 194 Å². The van der Waals surface area contributed by atoms with Gasteiger partial charge in [-0.15, -0.1) is 11.3 Å². The maximum atomic E-state index is 9.67. The van der Waals surface area contributed by atoms with E-state index in [-0.39, 0.29) is 55.8 Å². The van der Waals surface area contributed by atoms with Crippen LogP contribution < -0.4 is 0 Å². The fourth-order valence-corrected chi connectivity index (χ4v) is 8.15. The molecule has 5 heteroatoms. The van der Waals surface area contributed by atoms with Crippen molar-refractivity contribution in [1.29, 1.82) is 0 Å². The second kappa shape index (κ2) is 13.3. The molecule has 0 aliphatic carbocycles. The smallest absolute Gasteiger partial charge is 0.164 e. The van der Waals surface area contributed by atoms with Gasteiger partial charge in [0.2, 0.25) is 0 Å². The number of fused-ring (bicyclic) bond motifs is 6. The Morgan fingerprint density at radius 2 is 1.11 bits per heavy atom. The standard InChI is InChI=1S/C51H32N4S/c1-4-15-33(16-5-1)36-27-29-45-42(31-36)38-21-10-12-24-43(38)55(45)44-30-28-37(32-41(44)34-17-6-2-7-18-34)50-52-49(35-19-8-3-9-20-35)53-51(54-50)40-23-14-26-47-48(40)39-22-11-13-25-46(39)56-47/h1-32H/i1D,2D,4D,5D,6D,7D,10D,12D,15D,16D,17D,18D,21D,24D,27D,29D,31D. The van der Waals surface area contributed by atoms with Crippen molar-refractivity contribution in [3.63, 3.8) is 0 Å². The van der Waals surface area contributed by atoms with Gasteiger partial charge in [0.25, 0.3) is 0 Å². The van der Waals surface area contributed by atoms with Gasteiger partial charge < -0.3 is 4.57 Å². The lowest BCUT2D eigenvalue weighted by Gasteiger charge is -2.16. The molecule has 3 aromatic heterocycles. The van der Waals surface area contributed by atoms with Gasteiger partial charge in [0.05, 0.1) is 40.0 Å². The van der Waals surface area contributed by atoms with E-state index >= 15 is 0 Å². The molecule has 56 heavy (non-hydrogen) atoms. The molecule has 0 aliphatic heterocycles. The molecule has 0 bridgehead atoms. The van der Waals surface area contributed by atoms with Gasteiger partial charge in [-0.05, 0) is 65.1 Å². The highest BCUT2D eigenvalue weighted by atomic mass is 32.1. The molecule has 4 nitrogen and oxygen atoms in total. The summed E-state index contributed by atoms with van der Waals surface area (Å²) in [5, 5.41) is 1.23. The van der Waals surface area contributed by atoms with Gasteiger partial charge in [-0.25, -0.2) is 15.0 Å². The molecule has 0 aliphatic rings. The van der Waals surface area contributed by atoms with Crippen LogP contribution in [0.4, 0.5) is 0 Å². The molecule has 11 rings (SSSR count). The monoisotopic (exact) mass is 749 g/mol. The van der Waals surface area contributed by atoms with Crippen LogP contribution in [0.25, 0.3) is 104 Å². The zero-order valence-electron chi connectivity index (χ0n) is 45.9. The molecule has 0 spiro atoms. The number of hydrogen-bond donors (Lipinski definition) is 0. The number of benzene rings is 8. The van der Waals surface area contributed by atoms with Crippen molar-refractivity contribution >= 4 is 53.3 Å². The zero-order chi connectivity index (χ0) is 51.8. The summed E-state index contributed by atoms with van der Waals surface area (Å²) in [5.74, 6) is 0.671. The Bertz CT molecular complexity index is 4190. The minimum Gasteiger partial charge on any atom is -0.309 e. The average molecular weight is 750 g/mol. The summed E-state index contributed by atoms with van der Waals surface area (Å²) in [6.07, 6.45) is 0. The quantitative estimate of drug-likeness (QED) is 0.170. The number of para-hydroxylation sites is 1. The average Bonchev–Trinajstić information content (AvgIpc) is 3.97. The van der Waals surface area contributed by atoms with Crippen LogP contribution >= 0.6 is 11.3 Å². The summed E-state index contributed by atoms with van der Waals surface area (Å²) in [7, 11) is 0. The van der Waals surface area contributed by atoms with Crippen LogP contribution in [0.1, 0.15) is 23.3 Å². The van der Waals surface area contributed by atoms with E-state index in [1.54, 1.807) is 17.4 Å². The third-order valence-corrected chi connectivity index (χ3v) is 10.6. The second-order valence-corrected chi connectivity index (χ2v) is 13.8. The fraction of sp³-hybridized carbons (Fsp3) is 0. The van der Waals surface area contributed by atoms with Crippen LogP contribution in [0.3, 0.4) is 0 Å². The number of hydrogen-bond acceptors (Lipinski definition) is 4. The van der Waals surface area contributed by atoms with Gasteiger partial charge in [0, 0.05) is 53.2 Å². The van der Waals surface area contributed by atoms with Crippen molar-refractivity contribution in [3.8, 4) is 62.1 Å². The predicted molar refractivity (Wildman–Crippen MR) is 234 cm³/mol. The topological polar surface area (TPSA) is 43.6 Å². The molecule has 0 saturated heterocycles. The first kappa shape index (κ1) is 19.4. The molecule has 0 fully saturated rings. The minimum atomic E-state index is -0.782. The van der Waals surface area contributed by atoms with E-state index in [1.165, 1.54) is 16.7 Å². The predicted octanol–water partition coefficient (Wildman–Crippen LogP) is 13.7. The maximum Gasteiger partial charge on any atom is 0.164 e. The van der Waals surface area contributed by atoms with E-state index in [1.807, 2.05) is 72.8 Å². The highest BCUT2D eigenvalue weighted by Gasteiger charge is 2.20. The number of nitrogens with zero attached hydrogens (tertiary/aromatic N) is 4. The Labute approximate surface area is 351 Å². The lowest BCUT2D eigenvalue weighted by Crippen LogP contribution is -2.02. The zero-order valence-corrected chi connectivity index (χ0v) is 29.7. The molecule has 11 aromatic rings. The van der Waals surface area contributed by atoms with E-state index in [9.17, 15) is 9.60 Å². The Morgan fingerprint density at radius 3 is 1.95 bits per heavy atom. The third-order valence-electron chi connectivity index (χ3n) is 9.48. The Balaban J connectivity index is 1.28. The van der Waals surface area contributed by atoms with Gasteiger partial charge in [0.15, 0.2) is 17.5 Å². The van der Waals surface area contributed by atoms with E-state index in [4.69, 9.17) is 28.7 Å². The molecule has 3 heterocycles. The van der Waals surface area contributed by atoms with Crippen LogP contribution in [0.15, 0.2) is 194 Å².